The SMILES string of the molecule is COc1cc(-c2cc(C(F)(F)F)cc3c2n(C)c(=O)n3CC(=O)Nc2ccc(F)cc2)c(C)cc1OCc1nnc[nH]1. The van der Waals surface area contributed by atoms with Crippen LogP contribution in [0.3, 0.4) is 0 Å². The summed E-state index contributed by atoms with van der Waals surface area (Å²) in [4.78, 5) is 28.9. The number of amides is 1. The van der Waals surface area contributed by atoms with Crippen LogP contribution in [0.2, 0.25) is 0 Å². The molecule has 0 fully saturated rings. The molecule has 0 aliphatic heterocycles. The standard InChI is InChI=1S/C28H24F4N6O4/c1-15-8-23(42-13-24-33-14-34-36-24)22(41-3)11-19(15)20-9-16(28(30,31)32)10-21-26(20)37(2)27(40)38(21)12-25(39)35-18-6-4-17(29)5-7-18/h4-11,14H,12-13H2,1-3H3,(H,35,39)(H,33,34,36). The zero-order valence-electron chi connectivity index (χ0n) is 22.5. The van der Waals surface area contributed by atoms with Gasteiger partial charge in [0.05, 0.1) is 23.7 Å². The normalized spacial score (nSPS) is 11.6. The fourth-order valence-electron chi connectivity index (χ4n) is 4.63. The van der Waals surface area contributed by atoms with E-state index in [0.29, 0.717) is 22.7 Å². The first-order valence-electron chi connectivity index (χ1n) is 12.5. The number of nitrogens with zero attached hydrogens (tertiary/aromatic N) is 4. The fourth-order valence-corrected chi connectivity index (χ4v) is 4.63. The van der Waals surface area contributed by atoms with Gasteiger partial charge in [0.15, 0.2) is 17.3 Å². The molecule has 14 heteroatoms. The number of nitrogens with one attached hydrogen (secondary N) is 2. The van der Waals surface area contributed by atoms with Crippen molar-refractivity contribution in [1.29, 1.82) is 0 Å². The third-order valence-electron chi connectivity index (χ3n) is 6.62. The summed E-state index contributed by atoms with van der Waals surface area (Å²) in [5.41, 5.74) is -0.344. The number of carbonyl (C=O) groups excluding carboxylic acids is 1. The number of aromatic nitrogens is 5. The van der Waals surface area contributed by atoms with Crippen molar-refractivity contribution in [2.24, 2.45) is 7.05 Å². The molecule has 1 amide bonds. The van der Waals surface area contributed by atoms with Crippen molar-refractivity contribution < 1.29 is 31.8 Å². The molecule has 5 aromatic rings. The molecule has 2 N–H and O–H groups in total. The molecule has 0 saturated heterocycles. The second-order valence-corrected chi connectivity index (χ2v) is 9.41. The highest BCUT2D eigenvalue weighted by Crippen LogP contribution is 2.41. The van der Waals surface area contributed by atoms with Gasteiger partial charge in [-0.1, -0.05) is 0 Å². The summed E-state index contributed by atoms with van der Waals surface area (Å²) >= 11 is 0. The summed E-state index contributed by atoms with van der Waals surface area (Å²) in [5, 5.41) is 10.1. The summed E-state index contributed by atoms with van der Waals surface area (Å²) in [6.45, 7) is 1.15. The maximum Gasteiger partial charge on any atom is 0.416 e. The molecule has 42 heavy (non-hydrogen) atoms. The topological polar surface area (TPSA) is 116 Å². The summed E-state index contributed by atoms with van der Waals surface area (Å²) in [6, 6.07) is 9.88. The highest BCUT2D eigenvalue weighted by molar-refractivity contribution is 5.96. The molecule has 0 bridgehead atoms. The number of imidazole rings is 1. The van der Waals surface area contributed by atoms with E-state index in [1.165, 1.54) is 43.3 Å². The highest BCUT2D eigenvalue weighted by atomic mass is 19.4. The lowest BCUT2D eigenvalue weighted by Crippen LogP contribution is -2.28. The Hall–Kier alpha value is -5.14. The molecule has 0 radical (unpaired) electrons. The van der Waals surface area contributed by atoms with Gasteiger partial charge in [-0.2, -0.15) is 13.2 Å². The second-order valence-electron chi connectivity index (χ2n) is 9.41. The van der Waals surface area contributed by atoms with Gasteiger partial charge in [-0.05, 0) is 66.6 Å². The molecule has 0 spiro atoms. The van der Waals surface area contributed by atoms with Crippen LogP contribution < -0.4 is 20.5 Å². The third-order valence-corrected chi connectivity index (χ3v) is 6.62. The maximum atomic E-state index is 14.1. The Morgan fingerprint density at radius 1 is 1.07 bits per heavy atom. The van der Waals surface area contributed by atoms with Crippen molar-refractivity contribution >= 4 is 22.6 Å². The number of carbonyl (C=O) groups is 1. The molecule has 2 aromatic heterocycles. The minimum Gasteiger partial charge on any atom is -0.493 e. The van der Waals surface area contributed by atoms with E-state index in [0.717, 1.165) is 28.8 Å². The Labute approximate surface area is 235 Å². The number of rotatable bonds is 8. The van der Waals surface area contributed by atoms with Crippen LogP contribution in [0.15, 0.2) is 59.7 Å². The van der Waals surface area contributed by atoms with Gasteiger partial charge in [0.25, 0.3) is 0 Å². The van der Waals surface area contributed by atoms with Crippen LogP contribution >= 0.6 is 0 Å². The van der Waals surface area contributed by atoms with E-state index in [1.807, 2.05) is 0 Å². The third kappa shape index (κ3) is 5.55. The first-order valence-corrected chi connectivity index (χ1v) is 12.5. The molecule has 5 rings (SSSR count). The monoisotopic (exact) mass is 584 g/mol. The Morgan fingerprint density at radius 2 is 1.81 bits per heavy atom. The number of fused-ring (bicyclic) bond motifs is 1. The lowest BCUT2D eigenvalue weighted by molar-refractivity contribution is -0.137. The number of aromatic amines is 1. The molecule has 3 aromatic carbocycles. The van der Waals surface area contributed by atoms with E-state index in [9.17, 15) is 27.2 Å². The van der Waals surface area contributed by atoms with Gasteiger partial charge in [-0.3, -0.25) is 13.9 Å². The van der Waals surface area contributed by atoms with E-state index < -0.39 is 35.7 Å². The average molecular weight is 585 g/mol. The zero-order chi connectivity index (χ0) is 30.2. The first-order chi connectivity index (χ1) is 20.0. The van der Waals surface area contributed by atoms with Crippen molar-refractivity contribution in [3.63, 3.8) is 0 Å². The summed E-state index contributed by atoms with van der Waals surface area (Å²) in [7, 11) is 2.81. The fraction of sp³-hybridized carbons (Fsp3) is 0.214. The average Bonchev–Trinajstić information content (AvgIpc) is 3.55. The number of benzene rings is 3. The van der Waals surface area contributed by atoms with Crippen molar-refractivity contribution in [3.8, 4) is 22.6 Å². The molecule has 218 valence electrons. The highest BCUT2D eigenvalue weighted by Gasteiger charge is 2.33. The van der Waals surface area contributed by atoms with Crippen LogP contribution in [0.25, 0.3) is 22.2 Å². The van der Waals surface area contributed by atoms with Crippen LogP contribution in [-0.4, -0.2) is 37.3 Å². The molecule has 10 nitrogen and oxygen atoms in total. The quantitative estimate of drug-likeness (QED) is 0.253. The first kappa shape index (κ1) is 28.4. The molecule has 0 aliphatic carbocycles. The maximum absolute atomic E-state index is 14.1. The van der Waals surface area contributed by atoms with Crippen LogP contribution in [0.4, 0.5) is 23.2 Å². The van der Waals surface area contributed by atoms with Gasteiger partial charge in [0.2, 0.25) is 5.91 Å². The van der Waals surface area contributed by atoms with E-state index >= 15 is 0 Å². The minimum absolute atomic E-state index is 0.0420. The summed E-state index contributed by atoms with van der Waals surface area (Å²) in [6.07, 6.45) is -3.36. The number of halogens is 4. The Balaban J connectivity index is 1.61. The van der Waals surface area contributed by atoms with Gasteiger partial charge in [-0.25, -0.2) is 9.18 Å². The van der Waals surface area contributed by atoms with Crippen LogP contribution in [-0.2, 0) is 31.2 Å². The van der Waals surface area contributed by atoms with E-state index in [2.05, 4.69) is 20.5 Å². The molecule has 0 aliphatic rings. The number of anilines is 1. The van der Waals surface area contributed by atoms with Crippen LogP contribution in [0, 0.1) is 12.7 Å². The summed E-state index contributed by atoms with van der Waals surface area (Å²) < 4.78 is 69.0. The predicted molar refractivity (Wildman–Crippen MR) is 145 cm³/mol. The number of aryl methyl sites for hydroxylation is 2. The zero-order valence-corrected chi connectivity index (χ0v) is 22.5. The number of H-pyrrole nitrogens is 1. The van der Waals surface area contributed by atoms with Gasteiger partial charge in [0, 0.05) is 18.3 Å². The van der Waals surface area contributed by atoms with Crippen LogP contribution in [0.5, 0.6) is 11.5 Å². The van der Waals surface area contributed by atoms with E-state index in [1.54, 1.807) is 13.0 Å². The molecular formula is C28H24F4N6O4. The van der Waals surface area contributed by atoms with Gasteiger partial charge < -0.3 is 19.8 Å². The van der Waals surface area contributed by atoms with Gasteiger partial charge >= 0.3 is 11.9 Å². The van der Waals surface area contributed by atoms with Crippen molar-refractivity contribution in [3.05, 3.63) is 88.1 Å². The van der Waals surface area contributed by atoms with Gasteiger partial charge in [-0.15, -0.1) is 10.2 Å². The van der Waals surface area contributed by atoms with Crippen molar-refractivity contribution in [2.75, 3.05) is 12.4 Å². The molecule has 0 atom stereocenters. The largest absolute Gasteiger partial charge is 0.493 e. The molecule has 0 unspecified atom stereocenters. The number of methoxy groups -OCH3 is 1. The second kappa shape index (κ2) is 11.0. The lowest BCUT2D eigenvalue weighted by atomic mass is 9.96. The Morgan fingerprint density at radius 3 is 2.45 bits per heavy atom. The van der Waals surface area contributed by atoms with E-state index in [4.69, 9.17) is 9.47 Å². The molecule has 2 heterocycles. The van der Waals surface area contributed by atoms with Crippen molar-refractivity contribution in [2.45, 2.75) is 26.3 Å². The number of hydrogen-bond acceptors (Lipinski definition) is 6. The Kier molecular flexibility index (Phi) is 7.45. The summed E-state index contributed by atoms with van der Waals surface area (Å²) in [5.74, 6) is -0.169. The molecule has 0 saturated carbocycles. The number of alkyl halides is 3. The number of ether oxygens (including phenoxy) is 2. The van der Waals surface area contributed by atoms with Crippen LogP contribution in [0.1, 0.15) is 17.0 Å². The minimum atomic E-state index is -4.76. The molecular weight excluding hydrogens is 560 g/mol. The van der Waals surface area contributed by atoms with Gasteiger partial charge in [0.1, 0.15) is 25.3 Å². The van der Waals surface area contributed by atoms with E-state index in [-0.39, 0.29) is 34.6 Å². The lowest BCUT2D eigenvalue weighted by Gasteiger charge is -2.17. The Bertz CT molecular complexity index is 1830. The van der Waals surface area contributed by atoms with Crippen molar-refractivity contribution in [1.82, 2.24) is 24.3 Å². The number of hydrogen-bond donors (Lipinski definition) is 2. The predicted octanol–water partition coefficient (Wildman–Crippen LogP) is 4.82. The smallest absolute Gasteiger partial charge is 0.416 e.